The Morgan fingerprint density at radius 3 is 2.78 bits per heavy atom. The van der Waals surface area contributed by atoms with Crippen molar-refractivity contribution in [2.75, 3.05) is 7.11 Å². The lowest BCUT2D eigenvalue weighted by Crippen LogP contribution is -2.02. The van der Waals surface area contributed by atoms with Crippen LogP contribution in [0.25, 0.3) is 5.69 Å². The smallest absolute Gasteiger partial charge is 0.360 e. The van der Waals surface area contributed by atoms with Crippen LogP contribution in [0.5, 0.6) is 11.5 Å². The molecule has 6 nitrogen and oxygen atoms in total. The zero-order valence-corrected chi connectivity index (χ0v) is 10.9. The van der Waals surface area contributed by atoms with E-state index >= 15 is 0 Å². The lowest BCUT2D eigenvalue weighted by Gasteiger charge is -2.06. The van der Waals surface area contributed by atoms with Gasteiger partial charge in [-0.2, -0.15) is 5.10 Å². The molecule has 1 aromatic heterocycles. The van der Waals surface area contributed by atoms with Gasteiger partial charge >= 0.3 is 5.97 Å². The summed E-state index contributed by atoms with van der Waals surface area (Å²) in [5.74, 6) is -1.08. The number of halogens is 1. The van der Waals surface area contributed by atoms with Gasteiger partial charge in [0.2, 0.25) is 5.69 Å². The summed E-state index contributed by atoms with van der Waals surface area (Å²) >= 11 is 3.32. The Morgan fingerprint density at radius 1 is 1.50 bits per heavy atom. The number of hydrogen-bond acceptors (Lipinski definition) is 4. The van der Waals surface area contributed by atoms with E-state index in [-0.39, 0.29) is 0 Å². The number of carbonyl (C=O) groups is 1. The van der Waals surface area contributed by atoms with E-state index in [2.05, 4.69) is 21.0 Å². The van der Waals surface area contributed by atoms with Crippen molar-refractivity contribution in [1.82, 2.24) is 9.78 Å². The SMILES string of the molecule is COc1ccc(Br)c(-n2cc(O)c(C(=O)O)n2)c1. The molecule has 0 spiro atoms. The van der Waals surface area contributed by atoms with Gasteiger partial charge in [0.1, 0.15) is 5.75 Å². The molecule has 18 heavy (non-hydrogen) atoms. The van der Waals surface area contributed by atoms with E-state index in [1.807, 2.05) is 0 Å². The van der Waals surface area contributed by atoms with E-state index in [1.54, 1.807) is 18.2 Å². The van der Waals surface area contributed by atoms with Crippen LogP contribution in [0.2, 0.25) is 0 Å². The molecule has 2 N–H and O–H groups in total. The van der Waals surface area contributed by atoms with Crippen LogP contribution in [0.4, 0.5) is 0 Å². The number of hydrogen-bond donors (Lipinski definition) is 2. The van der Waals surface area contributed by atoms with Crippen LogP contribution in [0, 0.1) is 0 Å². The summed E-state index contributed by atoms with van der Waals surface area (Å²) in [6, 6.07) is 5.16. The van der Waals surface area contributed by atoms with Crippen molar-refractivity contribution in [3.8, 4) is 17.2 Å². The summed E-state index contributed by atoms with van der Waals surface area (Å²) in [5.41, 5.74) is 0.168. The highest BCUT2D eigenvalue weighted by Gasteiger charge is 2.17. The minimum absolute atomic E-state index is 0.391. The first kappa shape index (κ1) is 12.4. The Balaban J connectivity index is 2.54. The highest BCUT2D eigenvalue weighted by molar-refractivity contribution is 9.10. The molecular weight excluding hydrogens is 304 g/mol. The molecule has 0 bridgehead atoms. The number of carboxylic acids is 1. The van der Waals surface area contributed by atoms with Gasteiger partial charge in [0.15, 0.2) is 5.75 Å². The second-order valence-corrected chi connectivity index (χ2v) is 4.28. The molecule has 94 valence electrons. The summed E-state index contributed by atoms with van der Waals surface area (Å²) in [5, 5.41) is 22.1. The molecule has 0 aliphatic carbocycles. The number of nitrogens with zero attached hydrogens (tertiary/aromatic N) is 2. The molecule has 0 unspecified atom stereocenters. The minimum Gasteiger partial charge on any atom is -0.504 e. The predicted octanol–water partition coefficient (Wildman–Crippen LogP) is 2.05. The number of rotatable bonds is 3. The van der Waals surface area contributed by atoms with Gasteiger partial charge in [-0.25, -0.2) is 9.48 Å². The average molecular weight is 313 g/mol. The maximum atomic E-state index is 10.8. The minimum atomic E-state index is -1.29. The van der Waals surface area contributed by atoms with Gasteiger partial charge in [0.25, 0.3) is 0 Å². The summed E-state index contributed by atoms with van der Waals surface area (Å²) in [6.07, 6.45) is 1.23. The van der Waals surface area contributed by atoms with Crippen LogP contribution in [-0.2, 0) is 0 Å². The molecule has 2 rings (SSSR count). The first-order chi connectivity index (χ1) is 8.52. The maximum absolute atomic E-state index is 10.8. The first-order valence-electron chi connectivity index (χ1n) is 4.88. The van der Waals surface area contributed by atoms with Gasteiger partial charge in [0.05, 0.1) is 19.0 Å². The van der Waals surface area contributed by atoms with E-state index < -0.39 is 17.4 Å². The highest BCUT2D eigenvalue weighted by atomic mass is 79.9. The molecule has 0 amide bonds. The zero-order valence-electron chi connectivity index (χ0n) is 9.29. The standard InChI is InChI=1S/C11H9BrN2O4/c1-18-6-2-3-7(12)8(4-6)14-5-9(15)10(13-14)11(16)17/h2-5,15H,1H3,(H,16,17). The molecule has 1 aromatic carbocycles. The van der Waals surface area contributed by atoms with Crippen molar-refractivity contribution in [2.45, 2.75) is 0 Å². The third-order valence-electron chi connectivity index (χ3n) is 2.30. The van der Waals surface area contributed by atoms with Gasteiger partial charge in [-0.1, -0.05) is 0 Å². The number of carboxylic acid groups (broad SMARTS) is 1. The van der Waals surface area contributed by atoms with Crippen LogP contribution in [0.1, 0.15) is 10.5 Å². The second kappa shape index (κ2) is 4.69. The average Bonchev–Trinajstić information content (AvgIpc) is 2.72. The molecule has 2 aromatic rings. The summed E-state index contributed by atoms with van der Waals surface area (Å²) in [7, 11) is 1.52. The molecule has 0 saturated carbocycles. The normalized spacial score (nSPS) is 10.3. The fourth-order valence-electron chi connectivity index (χ4n) is 1.44. The lowest BCUT2D eigenvalue weighted by atomic mass is 10.3. The number of ether oxygens (including phenoxy) is 1. The van der Waals surface area contributed by atoms with Gasteiger partial charge in [-0.05, 0) is 28.1 Å². The molecule has 0 aliphatic rings. The number of aromatic hydroxyl groups is 1. The monoisotopic (exact) mass is 312 g/mol. The lowest BCUT2D eigenvalue weighted by molar-refractivity contribution is 0.0687. The van der Waals surface area contributed by atoms with Crippen molar-refractivity contribution in [1.29, 1.82) is 0 Å². The first-order valence-corrected chi connectivity index (χ1v) is 5.68. The van der Waals surface area contributed by atoms with Crippen LogP contribution >= 0.6 is 15.9 Å². The number of methoxy groups -OCH3 is 1. The largest absolute Gasteiger partial charge is 0.504 e. The van der Waals surface area contributed by atoms with E-state index in [4.69, 9.17) is 9.84 Å². The Kier molecular flexibility index (Phi) is 3.24. The van der Waals surface area contributed by atoms with E-state index in [0.717, 1.165) is 0 Å². The molecular formula is C11H9BrN2O4. The summed E-state index contributed by atoms with van der Waals surface area (Å²) in [6.45, 7) is 0. The molecule has 0 fully saturated rings. The van der Waals surface area contributed by atoms with Crippen molar-refractivity contribution in [2.24, 2.45) is 0 Å². The van der Waals surface area contributed by atoms with E-state index in [9.17, 15) is 9.90 Å². The Morgan fingerprint density at radius 2 is 2.22 bits per heavy atom. The van der Waals surface area contributed by atoms with Gasteiger partial charge < -0.3 is 14.9 Å². The van der Waals surface area contributed by atoms with Crippen molar-refractivity contribution in [3.63, 3.8) is 0 Å². The molecule has 0 aliphatic heterocycles. The Bertz CT molecular complexity index is 609. The van der Waals surface area contributed by atoms with Gasteiger partial charge in [-0.3, -0.25) is 0 Å². The van der Waals surface area contributed by atoms with Crippen LogP contribution in [0.15, 0.2) is 28.9 Å². The van der Waals surface area contributed by atoms with E-state index in [1.165, 1.54) is 18.0 Å². The topological polar surface area (TPSA) is 84.6 Å². The number of aromatic carboxylic acids is 1. The second-order valence-electron chi connectivity index (χ2n) is 3.43. The summed E-state index contributed by atoms with van der Waals surface area (Å²) in [4.78, 5) is 10.8. The molecule has 1 heterocycles. The predicted molar refractivity (Wildman–Crippen MR) is 66.4 cm³/mol. The number of benzene rings is 1. The summed E-state index contributed by atoms with van der Waals surface area (Å²) < 4.78 is 7.04. The fraction of sp³-hybridized carbons (Fsp3) is 0.0909. The van der Waals surface area contributed by atoms with E-state index in [0.29, 0.717) is 15.9 Å². The van der Waals surface area contributed by atoms with Crippen molar-refractivity contribution >= 4 is 21.9 Å². The van der Waals surface area contributed by atoms with Gasteiger partial charge in [0, 0.05) is 10.5 Å². The van der Waals surface area contributed by atoms with Crippen LogP contribution < -0.4 is 4.74 Å². The number of aromatic nitrogens is 2. The molecule has 7 heteroatoms. The molecule has 0 saturated heterocycles. The Labute approximate surface area is 111 Å². The third kappa shape index (κ3) is 2.17. The van der Waals surface area contributed by atoms with Crippen molar-refractivity contribution < 1.29 is 19.7 Å². The highest BCUT2D eigenvalue weighted by Crippen LogP contribution is 2.27. The fourth-order valence-corrected chi connectivity index (χ4v) is 1.86. The third-order valence-corrected chi connectivity index (χ3v) is 2.97. The molecule has 0 atom stereocenters. The molecule has 0 radical (unpaired) electrons. The quantitative estimate of drug-likeness (QED) is 0.906. The van der Waals surface area contributed by atoms with Crippen LogP contribution in [0.3, 0.4) is 0 Å². The zero-order chi connectivity index (χ0) is 13.3. The maximum Gasteiger partial charge on any atom is 0.360 e. The van der Waals surface area contributed by atoms with Gasteiger partial charge in [-0.15, -0.1) is 0 Å². The van der Waals surface area contributed by atoms with Crippen molar-refractivity contribution in [3.05, 3.63) is 34.6 Å². The Hall–Kier alpha value is -2.02. The van der Waals surface area contributed by atoms with Crippen LogP contribution in [-0.4, -0.2) is 33.1 Å².